The van der Waals surface area contributed by atoms with Gasteiger partial charge in [-0.05, 0) is 124 Å². The lowest BCUT2D eigenvalue weighted by atomic mass is 9.48. The van der Waals surface area contributed by atoms with E-state index >= 15 is 0 Å². The summed E-state index contributed by atoms with van der Waals surface area (Å²) in [5, 5.41) is 11.6. The van der Waals surface area contributed by atoms with Crippen LogP contribution in [0.4, 0.5) is 0 Å². The molecule has 4 bridgehead atoms. The van der Waals surface area contributed by atoms with Crippen LogP contribution in [0.2, 0.25) is 0 Å². The van der Waals surface area contributed by atoms with Gasteiger partial charge in [0.1, 0.15) is 0 Å². The molecule has 8 aromatic rings. The molecule has 0 atom stereocenters. The highest BCUT2D eigenvalue weighted by molar-refractivity contribution is 6.05. The molecule has 1 aromatic heterocycles. The Morgan fingerprint density at radius 3 is 1.24 bits per heavy atom. The summed E-state index contributed by atoms with van der Waals surface area (Å²) in [7, 11) is 0. The minimum Gasteiger partial charge on any atom is -0.208 e. The van der Waals surface area contributed by atoms with Gasteiger partial charge in [-0.15, -0.1) is 0 Å². The normalized spacial score (nSPS) is 20.6. The van der Waals surface area contributed by atoms with Crippen LogP contribution in [0.25, 0.3) is 78.3 Å². The Labute approximate surface area is 340 Å². The predicted molar refractivity (Wildman–Crippen MR) is 235 cm³/mol. The van der Waals surface area contributed by atoms with Crippen LogP contribution in [-0.2, 0) is 5.41 Å². The first-order valence-corrected chi connectivity index (χ1v) is 20.7. The van der Waals surface area contributed by atoms with Crippen LogP contribution in [0, 0.1) is 29.1 Å². The highest BCUT2D eigenvalue weighted by Crippen LogP contribution is 2.60. The fourth-order valence-electron chi connectivity index (χ4n) is 11.0. The lowest BCUT2D eigenvalue weighted by molar-refractivity contribution is -0.00518. The van der Waals surface area contributed by atoms with E-state index < -0.39 is 0 Å². The zero-order valence-corrected chi connectivity index (χ0v) is 32.4. The van der Waals surface area contributed by atoms with E-state index in [0.29, 0.717) is 28.5 Å². The zero-order valence-electron chi connectivity index (χ0n) is 32.4. The number of aromatic nitrogens is 3. The summed E-state index contributed by atoms with van der Waals surface area (Å²) in [6.45, 7) is 0. The Morgan fingerprint density at radius 1 is 0.397 bits per heavy atom. The summed E-state index contributed by atoms with van der Waals surface area (Å²) in [5.41, 5.74) is 12.4. The van der Waals surface area contributed by atoms with Gasteiger partial charge >= 0.3 is 0 Å². The topological polar surface area (TPSA) is 62.5 Å². The number of fused-ring (bicyclic) bond motifs is 1. The third-order valence-electron chi connectivity index (χ3n) is 13.4. The van der Waals surface area contributed by atoms with Crippen LogP contribution < -0.4 is 0 Å². The first-order chi connectivity index (χ1) is 28.6. The maximum atomic E-state index is 9.19. The van der Waals surface area contributed by atoms with Gasteiger partial charge in [0.05, 0.1) is 11.6 Å². The molecule has 4 aliphatic rings. The summed E-state index contributed by atoms with van der Waals surface area (Å²) in [4.78, 5) is 15.2. The second kappa shape index (κ2) is 14.0. The number of nitrogens with zero attached hydrogens (tertiary/aromatic N) is 4. The van der Waals surface area contributed by atoms with Gasteiger partial charge in [0, 0.05) is 16.7 Å². The molecule has 0 spiro atoms. The second-order valence-electron chi connectivity index (χ2n) is 17.0. The smallest absolute Gasteiger partial charge is 0.164 e. The number of hydrogen-bond donors (Lipinski definition) is 0. The molecule has 0 aliphatic heterocycles. The van der Waals surface area contributed by atoms with E-state index in [1.807, 2.05) is 42.5 Å². The van der Waals surface area contributed by atoms with E-state index in [-0.39, 0.29) is 0 Å². The third-order valence-corrected chi connectivity index (χ3v) is 13.4. The summed E-state index contributed by atoms with van der Waals surface area (Å²) >= 11 is 0. The molecule has 4 saturated carbocycles. The van der Waals surface area contributed by atoms with Crippen molar-refractivity contribution < 1.29 is 0 Å². The van der Waals surface area contributed by atoms with E-state index in [4.69, 9.17) is 15.0 Å². The van der Waals surface area contributed by atoms with Crippen LogP contribution in [0.3, 0.4) is 0 Å². The fraction of sp³-hybridized carbons (Fsp3) is 0.185. The van der Waals surface area contributed by atoms with Crippen LogP contribution in [0.1, 0.15) is 49.7 Å². The second-order valence-corrected chi connectivity index (χ2v) is 17.0. The van der Waals surface area contributed by atoms with Gasteiger partial charge in [0.15, 0.2) is 17.5 Å². The number of benzene rings is 7. The number of nitriles is 1. The summed E-state index contributed by atoms with van der Waals surface area (Å²) in [5.74, 6) is 4.81. The largest absolute Gasteiger partial charge is 0.208 e. The van der Waals surface area contributed by atoms with E-state index in [2.05, 4.69) is 127 Å². The molecule has 1 heterocycles. The van der Waals surface area contributed by atoms with E-state index in [0.717, 1.165) is 56.7 Å². The highest BCUT2D eigenvalue weighted by Gasteiger charge is 2.51. The predicted octanol–water partition coefficient (Wildman–Crippen LogP) is 13.4. The molecule has 0 radical (unpaired) electrons. The quantitative estimate of drug-likeness (QED) is 0.163. The molecule has 4 fully saturated rings. The molecular formula is C54H42N4. The molecule has 4 nitrogen and oxygen atoms in total. The van der Waals surface area contributed by atoms with Gasteiger partial charge in [-0.25, -0.2) is 15.0 Å². The molecule has 278 valence electrons. The van der Waals surface area contributed by atoms with E-state index in [1.54, 1.807) is 0 Å². The first-order valence-electron chi connectivity index (χ1n) is 20.7. The van der Waals surface area contributed by atoms with Crippen molar-refractivity contribution in [2.45, 2.75) is 43.9 Å². The van der Waals surface area contributed by atoms with E-state index in [9.17, 15) is 5.26 Å². The average molecular weight is 747 g/mol. The van der Waals surface area contributed by atoms with Crippen molar-refractivity contribution in [3.63, 3.8) is 0 Å². The van der Waals surface area contributed by atoms with Crippen LogP contribution in [-0.4, -0.2) is 15.0 Å². The van der Waals surface area contributed by atoms with E-state index in [1.165, 1.54) is 66.0 Å². The molecule has 0 amide bonds. The Balaban J connectivity index is 0.909. The number of hydrogen-bond acceptors (Lipinski definition) is 4. The summed E-state index contributed by atoms with van der Waals surface area (Å²) in [6, 6.07) is 60.0. The van der Waals surface area contributed by atoms with Crippen molar-refractivity contribution in [1.29, 1.82) is 5.26 Å². The van der Waals surface area contributed by atoms with Gasteiger partial charge in [0.25, 0.3) is 0 Å². The van der Waals surface area contributed by atoms with Crippen molar-refractivity contribution in [2.24, 2.45) is 17.8 Å². The molecule has 0 unspecified atom stereocenters. The standard InChI is InChI=1S/C54H42N4/c55-34-35-10-12-39(13-11-35)40-14-16-41(17-15-40)47-26-27-48(50-9-5-4-8-49(47)50)42-18-20-44(21-19-42)52-56-51(43-6-2-1-3-7-43)57-53(58-52)45-22-24-46(25-23-45)54-31-36-28-37(32-54)30-38(29-36)33-54/h1-27,36-38H,28-33H2/t36-,37+,38-,54?. The Kier molecular flexibility index (Phi) is 8.36. The van der Waals surface area contributed by atoms with Gasteiger partial charge in [-0.1, -0.05) is 152 Å². The van der Waals surface area contributed by atoms with Crippen molar-refractivity contribution in [2.75, 3.05) is 0 Å². The van der Waals surface area contributed by atoms with Crippen molar-refractivity contribution >= 4 is 10.8 Å². The molecule has 12 rings (SSSR count). The molecule has 0 N–H and O–H groups in total. The average Bonchev–Trinajstić information content (AvgIpc) is 3.28. The Bertz CT molecular complexity index is 2800. The van der Waals surface area contributed by atoms with Crippen molar-refractivity contribution in [3.8, 4) is 73.6 Å². The van der Waals surface area contributed by atoms with Crippen molar-refractivity contribution in [1.82, 2.24) is 15.0 Å². The Hall–Kier alpha value is -6.70. The first kappa shape index (κ1) is 34.5. The maximum Gasteiger partial charge on any atom is 0.164 e. The molecule has 4 aliphatic carbocycles. The van der Waals surface area contributed by atoms with Crippen LogP contribution >= 0.6 is 0 Å². The summed E-state index contributed by atoms with van der Waals surface area (Å²) in [6.07, 6.45) is 8.44. The van der Waals surface area contributed by atoms with Gasteiger partial charge < -0.3 is 0 Å². The minimum absolute atomic E-state index is 0.361. The zero-order chi connectivity index (χ0) is 38.6. The highest BCUT2D eigenvalue weighted by atomic mass is 15.0. The van der Waals surface area contributed by atoms with Gasteiger partial charge in [-0.2, -0.15) is 5.26 Å². The SMILES string of the molecule is N#Cc1ccc(-c2ccc(-c3ccc(-c4ccc(-c5nc(-c6ccccc6)nc(-c6ccc(C78C[C@H]9C[C@@H](C7)C[C@@H](C8)C9)cc6)n5)cc4)c4ccccc34)cc2)cc1. The number of rotatable bonds is 7. The summed E-state index contributed by atoms with van der Waals surface area (Å²) < 4.78 is 0. The lowest BCUT2D eigenvalue weighted by Crippen LogP contribution is -2.48. The van der Waals surface area contributed by atoms with Crippen LogP contribution in [0.15, 0.2) is 164 Å². The molecular weight excluding hydrogens is 705 g/mol. The monoisotopic (exact) mass is 746 g/mol. The third kappa shape index (κ3) is 6.19. The van der Waals surface area contributed by atoms with Crippen LogP contribution in [0.5, 0.6) is 0 Å². The lowest BCUT2D eigenvalue weighted by Gasteiger charge is -2.57. The molecule has 58 heavy (non-hydrogen) atoms. The molecule has 7 aromatic carbocycles. The minimum atomic E-state index is 0.361. The molecule has 0 saturated heterocycles. The van der Waals surface area contributed by atoms with Gasteiger partial charge in [-0.3, -0.25) is 0 Å². The fourth-order valence-corrected chi connectivity index (χ4v) is 11.0. The maximum absolute atomic E-state index is 9.19. The van der Waals surface area contributed by atoms with Crippen molar-refractivity contribution in [3.05, 3.63) is 175 Å². The Morgan fingerprint density at radius 2 is 0.776 bits per heavy atom. The molecule has 4 heteroatoms. The van der Waals surface area contributed by atoms with Gasteiger partial charge in [0.2, 0.25) is 0 Å².